The van der Waals surface area contributed by atoms with Gasteiger partial charge in [0.15, 0.2) is 0 Å². The second-order valence-electron chi connectivity index (χ2n) is 9.84. The molecular formula is C26H28FN9O2. The standard InChI is InChI=1S/C26H28FN9O2/c1-26(2,38)24(27)14-31-25(37)20-13-30-22(23-4-3-18-7-16(9-28)10-33-36(18)23)8-21(20)34-17-11-32-35(15-17)19-5-6-29-12-19/h3-4,7-8,10-11,13,15,19,24,29,38H,5-6,12,14H2,1-2H3,(H,30,34)(H,31,37)/t19-,24-/m1/s1. The van der Waals surface area contributed by atoms with Gasteiger partial charge < -0.3 is 21.1 Å². The highest BCUT2D eigenvalue weighted by molar-refractivity contribution is 6.00. The van der Waals surface area contributed by atoms with Crippen molar-refractivity contribution in [1.82, 2.24) is 35.0 Å². The number of hydrogen-bond donors (Lipinski definition) is 4. The zero-order valence-electron chi connectivity index (χ0n) is 21.0. The van der Waals surface area contributed by atoms with Crippen molar-refractivity contribution in [2.45, 2.75) is 38.1 Å². The molecule has 0 saturated carbocycles. The zero-order chi connectivity index (χ0) is 26.9. The third-order valence-corrected chi connectivity index (χ3v) is 6.54. The first-order valence-corrected chi connectivity index (χ1v) is 12.3. The highest BCUT2D eigenvalue weighted by Crippen LogP contribution is 2.28. The zero-order valence-corrected chi connectivity index (χ0v) is 21.0. The lowest BCUT2D eigenvalue weighted by Gasteiger charge is -2.22. The Hall–Kier alpha value is -4.34. The van der Waals surface area contributed by atoms with E-state index in [4.69, 9.17) is 5.26 Å². The number of aromatic nitrogens is 5. The van der Waals surface area contributed by atoms with E-state index in [1.807, 2.05) is 23.0 Å². The number of carbonyl (C=O) groups excluding carboxylic acids is 1. The second kappa shape index (κ2) is 10.2. The number of carbonyl (C=O) groups is 1. The number of nitrogens with one attached hydrogen (secondary N) is 3. The van der Waals surface area contributed by atoms with E-state index in [2.05, 4.69) is 37.2 Å². The Morgan fingerprint density at radius 2 is 2.16 bits per heavy atom. The molecule has 1 aliphatic heterocycles. The minimum absolute atomic E-state index is 0.201. The van der Waals surface area contributed by atoms with Crippen LogP contribution in [0.5, 0.6) is 0 Å². The van der Waals surface area contributed by atoms with Crippen LogP contribution in [-0.4, -0.2) is 66.8 Å². The molecule has 1 fully saturated rings. The van der Waals surface area contributed by atoms with E-state index in [0.29, 0.717) is 28.3 Å². The van der Waals surface area contributed by atoms with E-state index < -0.39 is 17.7 Å². The fourth-order valence-electron chi connectivity index (χ4n) is 4.28. The molecular weight excluding hydrogens is 489 g/mol. The number of pyridine rings is 1. The van der Waals surface area contributed by atoms with E-state index in [0.717, 1.165) is 25.0 Å². The maximum absolute atomic E-state index is 14.3. The smallest absolute Gasteiger partial charge is 0.255 e. The van der Waals surface area contributed by atoms with Crippen LogP contribution in [0.25, 0.3) is 16.9 Å². The third kappa shape index (κ3) is 5.20. The average molecular weight is 518 g/mol. The molecule has 0 radical (unpaired) electrons. The topological polar surface area (TPSA) is 145 Å². The van der Waals surface area contributed by atoms with Crippen LogP contribution in [0.3, 0.4) is 0 Å². The van der Waals surface area contributed by atoms with Crippen LogP contribution in [-0.2, 0) is 0 Å². The number of anilines is 2. The van der Waals surface area contributed by atoms with Gasteiger partial charge in [-0.25, -0.2) is 8.91 Å². The van der Waals surface area contributed by atoms with E-state index in [9.17, 15) is 14.3 Å². The van der Waals surface area contributed by atoms with Crippen LogP contribution >= 0.6 is 0 Å². The molecule has 4 aromatic rings. The van der Waals surface area contributed by atoms with Crippen molar-refractivity contribution in [3.8, 4) is 17.5 Å². The van der Waals surface area contributed by atoms with Gasteiger partial charge in [0.1, 0.15) is 12.2 Å². The fraction of sp³-hybridized carbons (Fsp3) is 0.346. The first-order chi connectivity index (χ1) is 18.2. The van der Waals surface area contributed by atoms with Crippen molar-refractivity contribution in [2.75, 3.05) is 25.0 Å². The number of rotatable bonds is 8. The number of amides is 1. The lowest BCUT2D eigenvalue weighted by molar-refractivity contribution is -0.00177. The maximum Gasteiger partial charge on any atom is 0.255 e. The van der Waals surface area contributed by atoms with Crippen molar-refractivity contribution in [3.63, 3.8) is 0 Å². The van der Waals surface area contributed by atoms with E-state index in [1.54, 1.807) is 22.8 Å². The van der Waals surface area contributed by atoms with Crippen LogP contribution in [0.2, 0.25) is 0 Å². The molecule has 12 heteroatoms. The third-order valence-electron chi connectivity index (χ3n) is 6.54. The summed E-state index contributed by atoms with van der Waals surface area (Å²) in [5.74, 6) is -0.539. The van der Waals surface area contributed by atoms with Gasteiger partial charge in [0, 0.05) is 18.9 Å². The molecule has 0 aromatic carbocycles. The first kappa shape index (κ1) is 25.3. The Kier molecular flexibility index (Phi) is 6.79. The van der Waals surface area contributed by atoms with Crippen molar-refractivity contribution < 1.29 is 14.3 Å². The Balaban J connectivity index is 1.48. The van der Waals surface area contributed by atoms with Crippen LogP contribution in [0.4, 0.5) is 15.8 Å². The molecule has 1 amide bonds. The molecule has 0 unspecified atom stereocenters. The van der Waals surface area contributed by atoms with Crippen LogP contribution < -0.4 is 16.0 Å². The number of alkyl halides is 1. The predicted molar refractivity (Wildman–Crippen MR) is 139 cm³/mol. The number of hydrogen-bond acceptors (Lipinski definition) is 8. The number of halogens is 1. The Labute approximate surface area is 218 Å². The summed E-state index contributed by atoms with van der Waals surface area (Å²) in [7, 11) is 0. The van der Waals surface area contributed by atoms with E-state index in [1.165, 1.54) is 26.2 Å². The molecule has 4 N–H and O–H groups in total. The van der Waals surface area contributed by atoms with Crippen LogP contribution in [0.15, 0.2) is 49.1 Å². The molecule has 2 atom stereocenters. The number of nitrogens with zero attached hydrogens (tertiary/aromatic N) is 6. The average Bonchev–Trinajstić information content (AvgIpc) is 3.67. The van der Waals surface area contributed by atoms with Gasteiger partial charge in [0.25, 0.3) is 5.91 Å². The summed E-state index contributed by atoms with van der Waals surface area (Å²) in [6.07, 6.45) is 5.77. The molecule has 11 nitrogen and oxygen atoms in total. The normalized spacial score (nSPS) is 16.3. The second-order valence-corrected chi connectivity index (χ2v) is 9.84. The summed E-state index contributed by atoms with van der Waals surface area (Å²) < 4.78 is 17.8. The summed E-state index contributed by atoms with van der Waals surface area (Å²) in [6, 6.07) is 9.43. The summed E-state index contributed by atoms with van der Waals surface area (Å²) in [5.41, 5.74) is 2.10. The highest BCUT2D eigenvalue weighted by atomic mass is 19.1. The summed E-state index contributed by atoms with van der Waals surface area (Å²) in [4.78, 5) is 17.5. The minimum atomic E-state index is -1.65. The molecule has 4 aromatic heterocycles. The van der Waals surface area contributed by atoms with Gasteiger partial charge in [-0.15, -0.1) is 0 Å². The Bertz CT molecular complexity index is 1510. The van der Waals surface area contributed by atoms with Crippen molar-refractivity contribution >= 4 is 22.8 Å². The van der Waals surface area contributed by atoms with Crippen LogP contribution in [0.1, 0.15) is 42.2 Å². The monoisotopic (exact) mass is 517 g/mol. The quantitative estimate of drug-likeness (QED) is 0.279. The SMILES string of the molecule is CC(C)(O)[C@H](F)CNC(=O)c1cnc(-c2ccc3cc(C#N)cnn23)cc1Nc1cnn([C@@H]2CCNC2)c1. The van der Waals surface area contributed by atoms with Gasteiger partial charge in [0.05, 0.1) is 70.0 Å². The number of fused-ring (bicyclic) bond motifs is 1. The molecule has 5 rings (SSSR count). The molecule has 0 spiro atoms. The summed E-state index contributed by atoms with van der Waals surface area (Å²) in [5, 5.41) is 37.0. The van der Waals surface area contributed by atoms with E-state index >= 15 is 0 Å². The Morgan fingerprint density at radius 3 is 2.89 bits per heavy atom. The van der Waals surface area contributed by atoms with Crippen molar-refractivity contribution in [2.24, 2.45) is 0 Å². The van der Waals surface area contributed by atoms with Crippen molar-refractivity contribution in [3.05, 3.63) is 60.2 Å². The lowest BCUT2D eigenvalue weighted by atomic mass is 10.0. The van der Waals surface area contributed by atoms with Gasteiger partial charge in [0.2, 0.25) is 0 Å². The van der Waals surface area contributed by atoms with Gasteiger partial charge in [-0.2, -0.15) is 15.5 Å². The van der Waals surface area contributed by atoms with Gasteiger partial charge in [-0.3, -0.25) is 14.5 Å². The molecule has 38 heavy (non-hydrogen) atoms. The largest absolute Gasteiger partial charge is 0.387 e. The van der Waals surface area contributed by atoms with Gasteiger partial charge in [-0.05, 0) is 51.1 Å². The fourth-order valence-corrected chi connectivity index (χ4v) is 4.28. The molecule has 196 valence electrons. The number of aliphatic hydroxyl groups is 1. The first-order valence-electron chi connectivity index (χ1n) is 12.3. The van der Waals surface area contributed by atoms with Crippen LogP contribution in [0, 0.1) is 11.3 Å². The van der Waals surface area contributed by atoms with Gasteiger partial charge >= 0.3 is 0 Å². The lowest BCUT2D eigenvalue weighted by Crippen LogP contribution is -2.42. The van der Waals surface area contributed by atoms with Crippen molar-refractivity contribution in [1.29, 1.82) is 5.26 Å². The molecule has 5 heterocycles. The van der Waals surface area contributed by atoms with Gasteiger partial charge in [-0.1, -0.05) is 0 Å². The maximum atomic E-state index is 14.3. The molecule has 0 aliphatic carbocycles. The molecule has 1 saturated heterocycles. The molecule has 1 aliphatic rings. The Morgan fingerprint density at radius 1 is 1.32 bits per heavy atom. The highest BCUT2D eigenvalue weighted by Gasteiger charge is 2.27. The summed E-state index contributed by atoms with van der Waals surface area (Å²) >= 11 is 0. The predicted octanol–water partition coefficient (Wildman–Crippen LogP) is 2.58. The summed E-state index contributed by atoms with van der Waals surface area (Å²) in [6.45, 7) is 4.10. The molecule has 0 bridgehead atoms. The minimum Gasteiger partial charge on any atom is -0.387 e. The van der Waals surface area contributed by atoms with E-state index in [-0.39, 0.29) is 18.2 Å². The number of nitriles is 1.